The monoisotopic (exact) mass is 444 g/mol. The average Bonchev–Trinajstić information content (AvgIpc) is 3.25. The topological polar surface area (TPSA) is 41.5 Å². The Balaban J connectivity index is 1.57. The van der Waals surface area contributed by atoms with Gasteiger partial charge in [-0.1, -0.05) is 54.6 Å². The minimum atomic E-state index is 0.753. The summed E-state index contributed by atoms with van der Waals surface area (Å²) in [4.78, 5) is 15.8. The lowest BCUT2D eigenvalue weighted by atomic mass is 10.1. The molecule has 6 heteroatoms. The molecule has 2 aromatic heterocycles. The second kappa shape index (κ2) is 9.36. The summed E-state index contributed by atoms with van der Waals surface area (Å²) in [6, 6.07) is 19.1. The molecule has 0 N–H and O–H groups in total. The van der Waals surface area contributed by atoms with Crippen LogP contribution in [0.3, 0.4) is 0 Å². The van der Waals surface area contributed by atoms with Gasteiger partial charge in [0.2, 0.25) is 0 Å². The summed E-state index contributed by atoms with van der Waals surface area (Å²) in [5.74, 6) is 1.88. The number of rotatable bonds is 6. The van der Waals surface area contributed by atoms with E-state index in [9.17, 15) is 0 Å². The van der Waals surface area contributed by atoms with Gasteiger partial charge in [-0.05, 0) is 23.6 Å². The first kappa shape index (κ1) is 21.1. The van der Waals surface area contributed by atoms with Gasteiger partial charge in [-0.15, -0.1) is 11.3 Å². The molecule has 1 aliphatic heterocycles. The Morgan fingerprint density at radius 2 is 1.75 bits per heavy atom. The maximum atomic E-state index is 5.51. The van der Waals surface area contributed by atoms with Gasteiger partial charge in [-0.25, -0.2) is 9.97 Å². The molecule has 32 heavy (non-hydrogen) atoms. The summed E-state index contributed by atoms with van der Waals surface area (Å²) in [5.41, 5.74) is 5.02. The third kappa shape index (κ3) is 4.39. The third-order valence-electron chi connectivity index (χ3n) is 6.04. The first-order chi connectivity index (χ1) is 15.7. The van der Waals surface area contributed by atoms with Crippen LogP contribution in [0.15, 0.2) is 60.0 Å². The molecule has 1 aliphatic rings. The summed E-state index contributed by atoms with van der Waals surface area (Å²) < 4.78 is 5.51. The molecule has 1 saturated heterocycles. The van der Waals surface area contributed by atoms with E-state index in [0.717, 1.165) is 61.3 Å². The molecule has 0 aliphatic carbocycles. The number of aromatic nitrogens is 2. The van der Waals surface area contributed by atoms with Gasteiger partial charge in [-0.2, -0.15) is 0 Å². The van der Waals surface area contributed by atoms with Crippen molar-refractivity contribution in [3.8, 4) is 11.1 Å². The molecule has 1 fully saturated rings. The Hall–Kier alpha value is -2.80. The standard InChI is InChI=1S/C26H28N4OS/c1-19-8-6-7-11-21(19)16-29(2)25-24-22(20-9-4-3-5-10-20)18-32-26(24)28-23(27-25)17-30-12-14-31-15-13-30/h3-11,18H,12-17H2,1-2H3. The van der Waals surface area contributed by atoms with Crippen molar-refractivity contribution in [1.29, 1.82) is 0 Å². The van der Waals surface area contributed by atoms with Crippen LogP contribution in [0.1, 0.15) is 17.0 Å². The lowest BCUT2D eigenvalue weighted by Gasteiger charge is -2.26. The van der Waals surface area contributed by atoms with Gasteiger partial charge in [0.1, 0.15) is 16.5 Å². The lowest BCUT2D eigenvalue weighted by molar-refractivity contribution is 0.0331. The minimum Gasteiger partial charge on any atom is -0.379 e. The average molecular weight is 445 g/mol. The predicted octanol–water partition coefficient (Wildman–Crippen LogP) is 5.14. The zero-order chi connectivity index (χ0) is 21.9. The van der Waals surface area contributed by atoms with Crippen LogP contribution in [0.25, 0.3) is 21.3 Å². The highest BCUT2D eigenvalue weighted by molar-refractivity contribution is 7.17. The Morgan fingerprint density at radius 3 is 2.53 bits per heavy atom. The Kier molecular flexibility index (Phi) is 6.17. The Labute approximate surface area is 193 Å². The molecule has 0 bridgehead atoms. The normalized spacial score (nSPS) is 14.7. The number of anilines is 1. The second-order valence-corrected chi connectivity index (χ2v) is 9.19. The molecule has 0 radical (unpaired) electrons. The molecular formula is C26H28N4OS. The molecule has 5 rings (SSSR count). The number of benzene rings is 2. The quantitative estimate of drug-likeness (QED) is 0.412. The molecule has 0 saturated carbocycles. The second-order valence-electron chi connectivity index (χ2n) is 8.33. The van der Waals surface area contributed by atoms with Crippen molar-refractivity contribution < 1.29 is 4.74 Å². The molecule has 2 aromatic carbocycles. The van der Waals surface area contributed by atoms with E-state index < -0.39 is 0 Å². The fraction of sp³-hybridized carbons (Fsp3) is 0.308. The van der Waals surface area contributed by atoms with Crippen LogP contribution < -0.4 is 4.90 Å². The van der Waals surface area contributed by atoms with Crippen LogP contribution in [0.5, 0.6) is 0 Å². The van der Waals surface area contributed by atoms with Gasteiger partial charge < -0.3 is 9.64 Å². The van der Waals surface area contributed by atoms with Crippen LogP contribution >= 0.6 is 11.3 Å². The summed E-state index contributed by atoms with van der Waals surface area (Å²) in [6.45, 7) is 7.13. The van der Waals surface area contributed by atoms with E-state index in [1.165, 1.54) is 22.3 Å². The number of aryl methyl sites for hydroxylation is 1. The van der Waals surface area contributed by atoms with Gasteiger partial charge >= 0.3 is 0 Å². The molecule has 3 heterocycles. The van der Waals surface area contributed by atoms with Gasteiger partial charge in [0.05, 0.1) is 25.1 Å². The third-order valence-corrected chi connectivity index (χ3v) is 6.92. The molecule has 0 unspecified atom stereocenters. The largest absolute Gasteiger partial charge is 0.379 e. The first-order valence-corrected chi connectivity index (χ1v) is 12.0. The predicted molar refractivity (Wildman–Crippen MR) is 132 cm³/mol. The van der Waals surface area contributed by atoms with Crippen molar-refractivity contribution in [1.82, 2.24) is 14.9 Å². The summed E-state index contributed by atoms with van der Waals surface area (Å²) in [6.07, 6.45) is 0. The Bertz CT molecular complexity index is 1200. The molecule has 0 atom stereocenters. The molecule has 4 aromatic rings. The highest BCUT2D eigenvalue weighted by atomic mass is 32.1. The van der Waals surface area contributed by atoms with Crippen molar-refractivity contribution in [2.45, 2.75) is 20.0 Å². The molecule has 164 valence electrons. The van der Waals surface area contributed by atoms with Gasteiger partial charge in [0.15, 0.2) is 0 Å². The van der Waals surface area contributed by atoms with Crippen molar-refractivity contribution in [2.75, 3.05) is 38.3 Å². The molecule has 5 nitrogen and oxygen atoms in total. The highest BCUT2D eigenvalue weighted by Crippen LogP contribution is 2.38. The van der Waals surface area contributed by atoms with E-state index in [4.69, 9.17) is 14.7 Å². The lowest BCUT2D eigenvalue weighted by Crippen LogP contribution is -2.36. The number of nitrogens with zero attached hydrogens (tertiary/aromatic N) is 4. The summed E-state index contributed by atoms with van der Waals surface area (Å²) in [5, 5.41) is 3.36. The van der Waals surface area contributed by atoms with Gasteiger partial charge in [0.25, 0.3) is 0 Å². The number of fused-ring (bicyclic) bond motifs is 1. The molecule has 0 amide bonds. The smallest absolute Gasteiger partial charge is 0.146 e. The molecular weight excluding hydrogens is 416 g/mol. The van der Waals surface area contributed by atoms with Crippen LogP contribution in [-0.2, 0) is 17.8 Å². The number of hydrogen-bond acceptors (Lipinski definition) is 6. The van der Waals surface area contributed by atoms with E-state index in [-0.39, 0.29) is 0 Å². The minimum absolute atomic E-state index is 0.753. The maximum absolute atomic E-state index is 5.51. The zero-order valence-corrected chi connectivity index (χ0v) is 19.4. The fourth-order valence-electron chi connectivity index (χ4n) is 4.22. The van der Waals surface area contributed by atoms with Crippen LogP contribution in [0.4, 0.5) is 5.82 Å². The highest BCUT2D eigenvalue weighted by Gasteiger charge is 2.20. The first-order valence-electron chi connectivity index (χ1n) is 11.1. The van der Waals surface area contributed by atoms with E-state index in [2.05, 4.69) is 83.7 Å². The van der Waals surface area contributed by atoms with E-state index >= 15 is 0 Å². The zero-order valence-electron chi connectivity index (χ0n) is 18.6. The van der Waals surface area contributed by atoms with E-state index in [1.807, 2.05) is 0 Å². The van der Waals surface area contributed by atoms with Crippen LogP contribution in [-0.4, -0.2) is 48.2 Å². The van der Waals surface area contributed by atoms with Crippen molar-refractivity contribution >= 4 is 27.4 Å². The number of thiophene rings is 1. The summed E-state index contributed by atoms with van der Waals surface area (Å²) >= 11 is 1.71. The Morgan fingerprint density at radius 1 is 1.00 bits per heavy atom. The van der Waals surface area contributed by atoms with E-state index in [0.29, 0.717) is 0 Å². The number of hydrogen-bond donors (Lipinski definition) is 0. The SMILES string of the molecule is Cc1ccccc1CN(C)c1nc(CN2CCOCC2)nc2scc(-c3ccccc3)c12. The van der Waals surface area contributed by atoms with Gasteiger partial charge in [0, 0.05) is 37.6 Å². The maximum Gasteiger partial charge on any atom is 0.146 e. The van der Waals surface area contributed by atoms with Gasteiger partial charge in [-0.3, -0.25) is 4.90 Å². The fourth-order valence-corrected chi connectivity index (χ4v) is 5.18. The van der Waals surface area contributed by atoms with Crippen molar-refractivity contribution in [3.05, 3.63) is 76.9 Å². The summed E-state index contributed by atoms with van der Waals surface area (Å²) in [7, 11) is 2.14. The van der Waals surface area contributed by atoms with Crippen molar-refractivity contribution in [3.63, 3.8) is 0 Å². The number of morpholine rings is 1. The molecule has 0 spiro atoms. The van der Waals surface area contributed by atoms with Crippen LogP contribution in [0, 0.1) is 6.92 Å². The van der Waals surface area contributed by atoms with Crippen molar-refractivity contribution in [2.24, 2.45) is 0 Å². The van der Waals surface area contributed by atoms with Crippen LogP contribution in [0.2, 0.25) is 0 Å². The number of ether oxygens (including phenoxy) is 1. The van der Waals surface area contributed by atoms with E-state index in [1.54, 1.807) is 11.3 Å².